The second kappa shape index (κ2) is 12.5. The Balaban J connectivity index is 1.57. The number of carbonyl (C=O) groups is 2. The molecule has 3 aromatic rings. The van der Waals surface area contributed by atoms with Crippen molar-refractivity contribution in [2.24, 2.45) is 11.0 Å². The molecule has 182 valence electrons. The van der Waals surface area contributed by atoms with Gasteiger partial charge in [0.1, 0.15) is 18.4 Å². The molecule has 0 fully saturated rings. The maximum atomic E-state index is 12.7. The number of hydrogen-bond acceptors (Lipinski definition) is 4. The van der Waals surface area contributed by atoms with Gasteiger partial charge in [0.05, 0.1) is 10.7 Å². The van der Waals surface area contributed by atoms with Crippen molar-refractivity contribution in [1.29, 1.82) is 0 Å². The van der Waals surface area contributed by atoms with Crippen LogP contribution >= 0.6 is 27.5 Å². The van der Waals surface area contributed by atoms with Crippen LogP contribution in [-0.2, 0) is 11.4 Å². The summed E-state index contributed by atoms with van der Waals surface area (Å²) in [5.41, 5.74) is 5.72. The minimum Gasteiger partial charge on any atom is -0.488 e. The van der Waals surface area contributed by atoms with Gasteiger partial charge in [-0.3, -0.25) is 9.59 Å². The van der Waals surface area contributed by atoms with E-state index in [2.05, 4.69) is 31.8 Å². The third-order valence-corrected chi connectivity index (χ3v) is 6.22. The molecule has 2 N–H and O–H groups in total. The lowest BCUT2D eigenvalue weighted by atomic mass is 10.0. The second-order valence-electron chi connectivity index (χ2n) is 8.37. The van der Waals surface area contributed by atoms with E-state index in [1.54, 1.807) is 12.1 Å². The zero-order valence-corrected chi connectivity index (χ0v) is 22.1. The van der Waals surface area contributed by atoms with Gasteiger partial charge in [-0.1, -0.05) is 61.3 Å². The average molecular weight is 557 g/mol. The Bertz CT molecular complexity index is 1210. The van der Waals surface area contributed by atoms with E-state index in [0.29, 0.717) is 22.9 Å². The van der Waals surface area contributed by atoms with Gasteiger partial charge in [-0.05, 0) is 70.7 Å². The molecule has 0 aliphatic carbocycles. The zero-order chi connectivity index (χ0) is 25.4. The lowest BCUT2D eigenvalue weighted by molar-refractivity contribution is -0.123. The summed E-state index contributed by atoms with van der Waals surface area (Å²) >= 11 is 9.68. The highest BCUT2D eigenvalue weighted by atomic mass is 79.9. The monoisotopic (exact) mass is 555 g/mol. The minimum atomic E-state index is -0.728. The fraction of sp³-hybridized carbons (Fsp3) is 0.222. The molecule has 1 unspecified atom stereocenters. The highest BCUT2D eigenvalue weighted by Gasteiger charge is 2.24. The maximum Gasteiger partial charge on any atom is 0.262 e. The molecule has 0 aromatic heterocycles. The van der Waals surface area contributed by atoms with Crippen LogP contribution in [-0.4, -0.2) is 24.1 Å². The Hall–Kier alpha value is -3.16. The van der Waals surface area contributed by atoms with Gasteiger partial charge in [0.2, 0.25) is 0 Å². The van der Waals surface area contributed by atoms with E-state index in [9.17, 15) is 9.59 Å². The Morgan fingerprint density at radius 1 is 1.09 bits per heavy atom. The fourth-order valence-corrected chi connectivity index (χ4v) is 3.89. The first-order valence-electron chi connectivity index (χ1n) is 11.1. The third-order valence-electron chi connectivity index (χ3n) is 5.23. The molecule has 0 aliphatic heterocycles. The third kappa shape index (κ3) is 7.67. The Labute approximate surface area is 218 Å². The van der Waals surface area contributed by atoms with E-state index in [4.69, 9.17) is 16.3 Å². The lowest BCUT2D eigenvalue weighted by Gasteiger charge is -2.20. The largest absolute Gasteiger partial charge is 0.488 e. The molecule has 0 heterocycles. The molecule has 8 heteroatoms. The number of nitrogens with zero attached hydrogens (tertiary/aromatic N) is 1. The van der Waals surface area contributed by atoms with E-state index in [-0.39, 0.29) is 11.8 Å². The molecule has 0 saturated heterocycles. The van der Waals surface area contributed by atoms with Gasteiger partial charge in [-0.25, -0.2) is 5.43 Å². The molecule has 0 radical (unpaired) electrons. The summed E-state index contributed by atoms with van der Waals surface area (Å²) in [5.74, 6) is -0.164. The molecule has 3 rings (SSSR count). The Morgan fingerprint density at radius 2 is 1.80 bits per heavy atom. The number of hydrazone groups is 1. The van der Waals surface area contributed by atoms with Gasteiger partial charge in [0.25, 0.3) is 11.8 Å². The van der Waals surface area contributed by atoms with Crippen molar-refractivity contribution in [2.45, 2.75) is 33.4 Å². The van der Waals surface area contributed by atoms with Crippen molar-refractivity contribution < 1.29 is 14.3 Å². The van der Waals surface area contributed by atoms with Crippen molar-refractivity contribution in [1.82, 2.24) is 10.7 Å². The number of carbonyl (C=O) groups excluding carboxylic acids is 2. The van der Waals surface area contributed by atoms with Crippen molar-refractivity contribution in [3.05, 3.63) is 98.5 Å². The number of benzene rings is 3. The van der Waals surface area contributed by atoms with E-state index in [1.807, 2.05) is 75.4 Å². The van der Waals surface area contributed by atoms with Crippen LogP contribution in [0.4, 0.5) is 0 Å². The smallest absolute Gasteiger partial charge is 0.262 e. The number of amides is 2. The van der Waals surface area contributed by atoms with Gasteiger partial charge < -0.3 is 10.1 Å². The van der Waals surface area contributed by atoms with Crippen molar-refractivity contribution in [3.63, 3.8) is 0 Å². The van der Waals surface area contributed by atoms with E-state index in [1.165, 1.54) is 6.21 Å². The molecular formula is C27H27BrClN3O3. The first-order chi connectivity index (χ1) is 16.7. The summed E-state index contributed by atoms with van der Waals surface area (Å²) < 4.78 is 6.59. The molecule has 0 aliphatic rings. The second-order valence-corrected chi connectivity index (χ2v) is 9.63. The first kappa shape index (κ1) is 26.4. The van der Waals surface area contributed by atoms with Crippen LogP contribution in [0, 0.1) is 12.8 Å². The van der Waals surface area contributed by atoms with Crippen LogP contribution < -0.4 is 15.5 Å². The van der Waals surface area contributed by atoms with Crippen LogP contribution in [0.1, 0.15) is 40.9 Å². The summed E-state index contributed by atoms with van der Waals surface area (Å²) in [6, 6.07) is 19.4. The van der Waals surface area contributed by atoms with Gasteiger partial charge in [-0.2, -0.15) is 5.10 Å². The number of nitrogens with one attached hydrogen (secondary N) is 2. The number of rotatable bonds is 9. The van der Waals surface area contributed by atoms with Gasteiger partial charge in [0, 0.05) is 16.1 Å². The normalized spacial score (nSPS) is 11.9. The van der Waals surface area contributed by atoms with Crippen LogP contribution in [0.25, 0.3) is 0 Å². The fourth-order valence-electron chi connectivity index (χ4n) is 3.19. The van der Waals surface area contributed by atoms with Crippen molar-refractivity contribution in [3.8, 4) is 5.75 Å². The van der Waals surface area contributed by atoms with Crippen LogP contribution in [0.15, 0.2) is 76.3 Å². The standard InChI is InChI=1S/C27H27BrClN3O3/c1-17(2)25(31-26(33)20-11-8-18(3)9-12-20)27(34)32-30-15-19-10-13-24(22(28)14-19)35-16-21-6-4-5-7-23(21)29/h4-15,17,25H,16H2,1-3H3,(H,31,33)(H,32,34)/b30-15-. The first-order valence-corrected chi connectivity index (χ1v) is 12.3. The molecule has 2 amide bonds. The lowest BCUT2D eigenvalue weighted by Crippen LogP contribution is -2.48. The predicted octanol–water partition coefficient (Wildman–Crippen LogP) is 5.89. The number of hydrogen-bond donors (Lipinski definition) is 2. The quantitative estimate of drug-likeness (QED) is 0.255. The highest BCUT2D eigenvalue weighted by molar-refractivity contribution is 9.10. The summed E-state index contributed by atoms with van der Waals surface area (Å²) in [6.45, 7) is 6.01. The molecule has 6 nitrogen and oxygen atoms in total. The van der Waals surface area contributed by atoms with Crippen LogP contribution in [0.3, 0.4) is 0 Å². The molecule has 3 aromatic carbocycles. The predicted molar refractivity (Wildman–Crippen MR) is 143 cm³/mol. The molecule has 1 atom stereocenters. The van der Waals surface area contributed by atoms with Gasteiger partial charge in [0.15, 0.2) is 0 Å². The topological polar surface area (TPSA) is 79.8 Å². The van der Waals surface area contributed by atoms with Gasteiger partial charge in [-0.15, -0.1) is 0 Å². The SMILES string of the molecule is Cc1ccc(C(=O)NC(C(=O)N/N=C\c2ccc(OCc3ccccc3Cl)c(Br)c2)C(C)C)cc1. The molecule has 0 saturated carbocycles. The van der Waals surface area contributed by atoms with E-state index in [0.717, 1.165) is 21.2 Å². The average Bonchev–Trinajstić information content (AvgIpc) is 2.83. The molecule has 35 heavy (non-hydrogen) atoms. The molecule has 0 spiro atoms. The van der Waals surface area contributed by atoms with Crippen LogP contribution in [0.5, 0.6) is 5.75 Å². The molecular weight excluding hydrogens is 530 g/mol. The van der Waals surface area contributed by atoms with Crippen molar-refractivity contribution >= 4 is 45.6 Å². The summed E-state index contributed by atoms with van der Waals surface area (Å²) in [4.78, 5) is 25.2. The van der Waals surface area contributed by atoms with E-state index >= 15 is 0 Å². The van der Waals surface area contributed by atoms with Gasteiger partial charge >= 0.3 is 0 Å². The summed E-state index contributed by atoms with van der Waals surface area (Å²) in [6.07, 6.45) is 1.53. The van der Waals surface area contributed by atoms with Crippen LogP contribution in [0.2, 0.25) is 5.02 Å². The highest BCUT2D eigenvalue weighted by Crippen LogP contribution is 2.27. The maximum absolute atomic E-state index is 12.7. The minimum absolute atomic E-state index is 0.122. The number of ether oxygens (including phenoxy) is 1. The summed E-state index contributed by atoms with van der Waals surface area (Å²) in [7, 11) is 0. The number of aryl methyl sites for hydroxylation is 1. The van der Waals surface area contributed by atoms with E-state index < -0.39 is 11.9 Å². The van der Waals surface area contributed by atoms with Crippen molar-refractivity contribution in [2.75, 3.05) is 0 Å². The molecule has 0 bridgehead atoms. The summed E-state index contributed by atoms with van der Waals surface area (Å²) in [5, 5.41) is 7.50. The Kier molecular flexibility index (Phi) is 9.46. The Morgan fingerprint density at radius 3 is 2.46 bits per heavy atom. The zero-order valence-electron chi connectivity index (χ0n) is 19.7. The number of halogens is 2.